The smallest absolute Gasteiger partial charge is 0.228 e. The number of rotatable bonds is 5. The van der Waals surface area contributed by atoms with Crippen molar-refractivity contribution < 1.29 is 9.59 Å². The lowest BCUT2D eigenvalue weighted by Crippen LogP contribution is -2.26. The highest BCUT2D eigenvalue weighted by atomic mass is 16.2. The summed E-state index contributed by atoms with van der Waals surface area (Å²) in [4.78, 5) is 27.6. The van der Waals surface area contributed by atoms with E-state index < -0.39 is 0 Å². The minimum atomic E-state index is -0.295. The van der Waals surface area contributed by atoms with Crippen molar-refractivity contribution in [3.63, 3.8) is 0 Å². The van der Waals surface area contributed by atoms with Gasteiger partial charge in [0, 0.05) is 25.0 Å². The summed E-state index contributed by atoms with van der Waals surface area (Å²) < 4.78 is 1.82. The van der Waals surface area contributed by atoms with E-state index in [9.17, 15) is 9.59 Å². The van der Waals surface area contributed by atoms with Gasteiger partial charge in [0.2, 0.25) is 5.91 Å². The summed E-state index contributed by atoms with van der Waals surface area (Å²) in [5.41, 5.74) is 0.551. The highest BCUT2D eigenvalue weighted by Gasteiger charge is 2.11. The quantitative estimate of drug-likeness (QED) is 0.649. The Kier molecular flexibility index (Phi) is 4.07. The Balaban J connectivity index is 1.85. The van der Waals surface area contributed by atoms with Gasteiger partial charge < -0.3 is 9.88 Å². The van der Waals surface area contributed by atoms with Gasteiger partial charge in [-0.25, -0.2) is 4.98 Å². The Morgan fingerprint density at radius 2 is 2.00 bits per heavy atom. The third kappa shape index (κ3) is 3.51. The van der Waals surface area contributed by atoms with E-state index in [-0.39, 0.29) is 18.1 Å². The molecule has 0 aliphatic heterocycles. The number of aromatic nitrogens is 2. The molecule has 1 amide bonds. The lowest BCUT2D eigenvalue weighted by Gasteiger charge is -2.05. The fourth-order valence-corrected chi connectivity index (χ4v) is 1.68. The molecule has 0 unspecified atom stereocenters. The molecular formula is C14H15N3O2. The summed E-state index contributed by atoms with van der Waals surface area (Å²) in [5.74, 6) is 0.273. The average Bonchev–Trinajstić information content (AvgIpc) is 2.83. The van der Waals surface area contributed by atoms with E-state index in [1.165, 1.54) is 0 Å². The van der Waals surface area contributed by atoms with E-state index in [0.29, 0.717) is 12.1 Å². The van der Waals surface area contributed by atoms with Crippen molar-refractivity contribution in [1.82, 2.24) is 14.9 Å². The fourth-order valence-electron chi connectivity index (χ4n) is 1.68. The fraction of sp³-hybridized carbons (Fsp3) is 0.214. The molecule has 2 aromatic rings. The molecule has 0 bridgehead atoms. The van der Waals surface area contributed by atoms with E-state index in [0.717, 1.165) is 5.82 Å². The van der Waals surface area contributed by atoms with Crippen molar-refractivity contribution in [3.05, 3.63) is 54.1 Å². The molecule has 1 heterocycles. The molecule has 1 aromatic heterocycles. The Hall–Kier alpha value is -2.43. The summed E-state index contributed by atoms with van der Waals surface area (Å²) in [6.45, 7) is 0.324. The lowest BCUT2D eigenvalue weighted by molar-refractivity contribution is -0.120. The number of nitrogens with one attached hydrogen (secondary N) is 1. The van der Waals surface area contributed by atoms with Gasteiger partial charge in [-0.15, -0.1) is 0 Å². The van der Waals surface area contributed by atoms with Gasteiger partial charge in [-0.3, -0.25) is 9.59 Å². The topological polar surface area (TPSA) is 64.0 Å². The number of carbonyl (C=O) groups excluding carboxylic acids is 2. The van der Waals surface area contributed by atoms with Crippen molar-refractivity contribution in [2.75, 3.05) is 0 Å². The lowest BCUT2D eigenvalue weighted by atomic mass is 10.1. The Bertz CT molecular complexity index is 575. The van der Waals surface area contributed by atoms with Gasteiger partial charge >= 0.3 is 0 Å². The zero-order valence-corrected chi connectivity index (χ0v) is 10.7. The molecule has 0 saturated carbocycles. The van der Waals surface area contributed by atoms with Gasteiger partial charge in [0.1, 0.15) is 5.82 Å². The number of hydrogen-bond donors (Lipinski definition) is 1. The van der Waals surface area contributed by atoms with Crippen molar-refractivity contribution in [2.45, 2.75) is 13.0 Å². The van der Waals surface area contributed by atoms with Crippen LogP contribution >= 0.6 is 0 Å². The second-order valence-corrected chi connectivity index (χ2v) is 4.20. The largest absolute Gasteiger partial charge is 0.348 e. The first kappa shape index (κ1) is 13.0. The molecule has 0 spiro atoms. The van der Waals surface area contributed by atoms with Crippen molar-refractivity contribution >= 4 is 11.7 Å². The standard InChI is InChI=1S/C14H15N3O2/c1-17-8-7-15-13(17)10-16-14(19)9-12(18)11-5-3-2-4-6-11/h2-8H,9-10H2,1H3,(H,16,19). The van der Waals surface area contributed by atoms with Crippen LogP contribution in [0.4, 0.5) is 0 Å². The van der Waals surface area contributed by atoms with Gasteiger partial charge in [0.25, 0.3) is 0 Å². The molecule has 1 N–H and O–H groups in total. The van der Waals surface area contributed by atoms with Crippen molar-refractivity contribution in [1.29, 1.82) is 0 Å². The molecule has 0 radical (unpaired) electrons. The van der Waals surface area contributed by atoms with Crippen LogP contribution in [0.5, 0.6) is 0 Å². The number of ketones is 1. The summed E-state index contributed by atoms with van der Waals surface area (Å²) >= 11 is 0. The Labute approximate surface area is 111 Å². The molecule has 98 valence electrons. The van der Waals surface area contributed by atoms with Crippen LogP contribution in [-0.4, -0.2) is 21.2 Å². The van der Waals surface area contributed by atoms with Crippen LogP contribution in [0, 0.1) is 0 Å². The van der Waals surface area contributed by atoms with Gasteiger partial charge in [0.05, 0.1) is 13.0 Å². The van der Waals surface area contributed by atoms with Crippen LogP contribution < -0.4 is 5.32 Å². The van der Waals surface area contributed by atoms with Crippen LogP contribution in [0.2, 0.25) is 0 Å². The van der Waals surface area contributed by atoms with Crippen molar-refractivity contribution in [2.24, 2.45) is 7.05 Å². The monoisotopic (exact) mass is 257 g/mol. The van der Waals surface area contributed by atoms with Crippen LogP contribution in [-0.2, 0) is 18.4 Å². The number of amides is 1. The minimum Gasteiger partial charge on any atom is -0.348 e. The normalized spacial score (nSPS) is 10.2. The number of carbonyl (C=O) groups is 2. The highest BCUT2D eigenvalue weighted by molar-refractivity contribution is 6.07. The second kappa shape index (κ2) is 5.95. The zero-order chi connectivity index (χ0) is 13.7. The van der Waals surface area contributed by atoms with E-state index in [2.05, 4.69) is 10.3 Å². The van der Waals surface area contributed by atoms with E-state index in [4.69, 9.17) is 0 Å². The Morgan fingerprint density at radius 3 is 2.63 bits per heavy atom. The third-order valence-electron chi connectivity index (χ3n) is 2.78. The summed E-state index contributed by atoms with van der Waals surface area (Å²) in [6.07, 6.45) is 3.32. The van der Waals surface area contributed by atoms with Crippen molar-refractivity contribution in [3.8, 4) is 0 Å². The first-order chi connectivity index (χ1) is 9.16. The van der Waals surface area contributed by atoms with E-state index in [1.54, 1.807) is 36.7 Å². The maximum absolute atomic E-state index is 11.8. The van der Waals surface area contributed by atoms with Gasteiger partial charge in [0.15, 0.2) is 5.78 Å². The maximum Gasteiger partial charge on any atom is 0.228 e. The number of Topliss-reactive ketones (excluding diaryl/α,β-unsaturated/α-hetero) is 1. The molecular weight excluding hydrogens is 242 g/mol. The van der Waals surface area contributed by atoms with Gasteiger partial charge in [-0.2, -0.15) is 0 Å². The van der Waals surface area contributed by atoms with Crippen LogP contribution in [0.1, 0.15) is 22.6 Å². The minimum absolute atomic E-state index is 0.144. The molecule has 5 nitrogen and oxygen atoms in total. The van der Waals surface area contributed by atoms with Crippen LogP contribution in [0.25, 0.3) is 0 Å². The Morgan fingerprint density at radius 1 is 1.26 bits per heavy atom. The van der Waals surface area contributed by atoms with E-state index >= 15 is 0 Å². The molecule has 5 heteroatoms. The van der Waals surface area contributed by atoms with E-state index in [1.807, 2.05) is 17.7 Å². The number of nitrogens with zero attached hydrogens (tertiary/aromatic N) is 2. The van der Waals surface area contributed by atoms with Gasteiger partial charge in [-0.1, -0.05) is 30.3 Å². The molecule has 2 rings (SSSR count). The van der Waals surface area contributed by atoms with Crippen LogP contribution in [0.15, 0.2) is 42.7 Å². The first-order valence-electron chi connectivity index (χ1n) is 5.98. The summed E-state index contributed by atoms with van der Waals surface area (Å²) in [6, 6.07) is 8.79. The number of hydrogen-bond acceptors (Lipinski definition) is 3. The number of aryl methyl sites for hydroxylation is 1. The molecule has 0 fully saturated rings. The maximum atomic E-state index is 11.8. The molecule has 0 aliphatic rings. The SMILES string of the molecule is Cn1ccnc1CNC(=O)CC(=O)c1ccccc1. The molecule has 0 saturated heterocycles. The summed E-state index contributed by atoms with van der Waals surface area (Å²) in [7, 11) is 1.85. The molecule has 0 aliphatic carbocycles. The van der Waals surface area contributed by atoms with Crippen LogP contribution in [0.3, 0.4) is 0 Å². The molecule has 1 aromatic carbocycles. The summed E-state index contributed by atoms with van der Waals surface area (Å²) in [5, 5.41) is 2.68. The average molecular weight is 257 g/mol. The third-order valence-corrected chi connectivity index (χ3v) is 2.78. The molecule has 19 heavy (non-hydrogen) atoms. The molecule has 0 atom stereocenters. The second-order valence-electron chi connectivity index (χ2n) is 4.20. The predicted octanol–water partition coefficient (Wildman–Crippen LogP) is 1.31. The number of benzene rings is 1. The first-order valence-corrected chi connectivity index (χ1v) is 5.98. The van der Waals surface area contributed by atoms with Gasteiger partial charge in [-0.05, 0) is 0 Å². The highest BCUT2D eigenvalue weighted by Crippen LogP contribution is 2.03. The zero-order valence-electron chi connectivity index (χ0n) is 10.7. The predicted molar refractivity (Wildman–Crippen MR) is 70.4 cm³/mol. The number of imidazole rings is 1.